The first-order chi connectivity index (χ1) is 5.79. The molecule has 78 valence electrons. The van der Waals surface area contributed by atoms with Gasteiger partial charge in [0.05, 0.1) is 5.92 Å². The molecule has 0 saturated heterocycles. The van der Waals surface area contributed by atoms with Gasteiger partial charge in [-0.05, 0) is 24.0 Å². The van der Waals surface area contributed by atoms with Crippen LogP contribution in [0.25, 0.3) is 0 Å². The van der Waals surface area contributed by atoms with Gasteiger partial charge in [-0.2, -0.15) is 0 Å². The average molecular weight is 234 g/mol. The lowest BCUT2D eigenvalue weighted by molar-refractivity contribution is -0.119. The quantitative estimate of drug-likeness (QED) is 0.793. The third-order valence-electron chi connectivity index (χ3n) is 2.48. The second kappa shape index (κ2) is 5.23. The highest BCUT2D eigenvalue weighted by Gasteiger charge is 2.25. The molecule has 1 aliphatic rings. The summed E-state index contributed by atoms with van der Waals surface area (Å²) >= 11 is 0. The fourth-order valence-corrected chi connectivity index (χ4v) is 1.85. The number of hydrogen-bond donors (Lipinski definition) is 1. The van der Waals surface area contributed by atoms with Crippen LogP contribution in [-0.2, 0) is 11.2 Å². The number of hydrogen-bond acceptors (Lipinski definition) is 1. The monoisotopic (exact) mass is 233 g/mol. The minimum atomic E-state index is -0.194. The molecule has 1 aliphatic carbocycles. The Kier molecular flexibility index (Phi) is 4.95. The molecule has 2 rings (SSSR count). The summed E-state index contributed by atoms with van der Waals surface area (Å²) < 4.78 is 0. The molecule has 1 unspecified atom stereocenters. The number of carbonyl (C=O) groups is 1. The molecule has 2 nitrogen and oxygen atoms in total. The molecule has 1 aromatic carbocycles. The number of benzene rings is 1. The summed E-state index contributed by atoms with van der Waals surface area (Å²) in [6.07, 6.45) is 1.87. The first kappa shape index (κ1) is 13.3. The van der Waals surface area contributed by atoms with Crippen molar-refractivity contribution in [2.45, 2.75) is 18.8 Å². The summed E-state index contributed by atoms with van der Waals surface area (Å²) in [6.45, 7) is 0. The van der Waals surface area contributed by atoms with Crippen molar-refractivity contribution in [3.63, 3.8) is 0 Å². The molecule has 14 heavy (non-hydrogen) atoms. The number of carbonyl (C=O) groups excluding carboxylic acids is 1. The fourth-order valence-electron chi connectivity index (χ4n) is 1.85. The Bertz CT molecular complexity index is 328. The molecule has 0 radical (unpaired) electrons. The molecule has 0 fully saturated rings. The van der Waals surface area contributed by atoms with Gasteiger partial charge in [0.15, 0.2) is 0 Å². The zero-order valence-corrected chi connectivity index (χ0v) is 9.24. The van der Waals surface area contributed by atoms with E-state index in [1.54, 1.807) is 0 Å². The Morgan fingerprint density at radius 3 is 2.57 bits per heavy atom. The number of fused-ring (bicyclic) bond motifs is 1. The maximum Gasteiger partial charge on any atom is 0.224 e. The number of rotatable bonds is 1. The summed E-state index contributed by atoms with van der Waals surface area (Å²) in [5.74, 6) is -0.235. The highest BCUT2D eigenvalue weighted by molar-refractivity contribution is 5.85. The zero-order chi connectivity index (χ0) is 8.55. The van der Waals surface area contributed by atoms with Crippen molar-refractivity contribution in [3.8, 4) is 0 Å². The van der Waals surface area contributed by atoms with E-state index in [-0.39, 0.29) is 36.6 Å². The minimum absolute atomic E-state index is 0. The third-order valence-corrected chi connectivity index (χ3v) is 2.48. The van der Waals surface area contributed by atoms with Gasteiger partial charge < -0.3 is 5.73 Å². The van der Waals surface area contributed by atoms with Gasteiger partial charge in [0.2, 0.25) is 5.91 Å². The van der Waals surface area contributed by atoms with Gasteiger partial charge in [0, 0.05) is 0 Å². The van der Waals surface area contributed by atoms with Crippen molar-refractivity contribution >= 4 is 30.7 Å². The molecule has 4 heteroatoms. The van der Waals surface area contributed by atoms with Crippen molar-refractivity contribution in [2.75, 3.05) is 0 Å². The summed E-state index contributed by atoms with van der Waals surface area (Å²) in [6, 6.07) is 8.03. The zero-order valence-electron chi connectivity index (χ0n) is 7.60. The van der Waals surface area contributed by atoms with Crippen molar-refractivity contribution < 1.29 is 4.79 Å². The lowest BCUT2D eigenvalue weighted by atomic mass is 10.0. The van der Waals surface area contributed by atoms with E-state index in [1.807, 2.05) is 18.2 Å². The number of halogens is 2. The first-order valence-electron chi connectivity index (χ1n) is 4.16. The van der Waals surface area contributed by atoms with Crippen LogP contribution < -0.4 is 5.73 Å². The third kappa shape index (κ3) is 2.20. The van der Waals surface area contributed by atoms with Crippen molar-refractivity contribution in [2.24, 2.45) is 5.73 Å². The van der Waals surface area contributed by atoms with E-state index >= 15 is 0 Å². The Balaban J connectivity index is 0.000000845. The van der Waals surface area contributed by atoms with Gasteiger partial charge in [-0.1, -0.05) is 24.3 Å². The summed E-state index contributed by atoms with van der Waals surface area (Å²) in [7, 11) is 0. The van der Waals surface area contributed by atoms with Crippen LogP contribution in [0.4, 0.5) is 0 Å². The topological polar surface area (TPSA) is 43.1 Å². The van der Waals surface area contributed by atoms with Gasteiger partial charge in [-0.15, -0.1) is 24.8 Å². The molecule has 2 N–H and O–H groups in total. The van der Waals surface area contributed by atoms with E-state index in [1.165, 1.54) is 5.56 Å². The average Bonchev–Trinajstić information content (AvgIpc) is 2.47. The molecule has 1 amide bonds. The van der Waals surface area contributed by atoms with Gasteiger partial charge in [-0.25, -0.2) is 0 Å². The van der Waals surface area contributed by atoms with Crippen LogP contribution in [0.15, 0.2) is 24.3 Å². The Morgan fingerprint density at radius 2 is 1.93 bits per heavy atom. The van der Waals surface area contributed by atoms with Gasteiger partial charge >= 0.3 is 0 Å². The molecule has 0 aromatic heterocycles. The van der Waals surface area contributed by atoms with Crippen molar-refractivity contribution in [3.05, 3.63) is 35.4 Å². The standard InChI is InChI=1S/C10H11NO.2ClH/c11-10(12)9-6-5-7-3-1-2-4-8(7)9;;/h1-4,9H,5-6H2,(H2,11,12);2*1H. The normalized spacial score (nSPS) is 17.6. The largest absolute Gasteiger partial charge is 0.369 e. The molecule has 0 saturated carbocycles. The van der Waals surface area contributed by atoms with E-state index in [9.17, 15) is 4.79 Å². The van der Waals surface area contributed by atoms with Crippen LogP contribution in [0.5, 0.6) is 0 Å². The van der Waals surface area contributed by atoms with Crippen LogP contribution in [0.2, 0.25) is 0 Å². The van der Waals surface area contributed by atoms with Crippen LogP contribution in [0.3, 0.4) is 0 Å². The van der Waals surface area contributed by atoms with E-state index < -0.39 is 0 Å². The Morgan fingerprint density at radius 1 is 1.29 bits per heavy atom. The molecule has 0 bridgehead atoms. The number of aryl methyl sites for hydroxylation is 1. The second-order valence-electron chi connectivity index (χ2n) is 3.19. The second-order valence-corrected chi connectivity index (χ2v) is 3.19. The van der Waals surface area contributed by atoms with E-state index in [0.29, 0.717) is 0 Å². The van der Waals surface area contributed by atoms with Crippen molar-refractivity contribution in [1.29, 1.82) is 0 Å². The summed E-state index contributed by atoms with van der Waals surface area (Å²) in [5.41, 5.74) is 7.68. The van der Waals surface area contributed by atoms with Gasteiger partial charge in [0.1, 0.15) is 0 Å². The van der Waals surface area contributed by atoms with Crippen LogP contribution >= 0.6 is 24.8 Å². The molecular formula is C10H13Cl2NO. The van der Waals surface area contributed by atoms with E-state index in [4.69, 9.17) is 5.73 Å². The number of primary amides is 1. The van der Waals surface area contributed by atoms with E-state index in [2.05, 4.69) is 6.07 Å². The molecule has 0 spiro atoms. The van der Waals surface area contributed by atoms with Crippen LogP contribution in [0, 0.1) is 0 Å². The number of nitrogens with two attached hydrogens (primary N) is 1. The maximum absolute atomic E-state index is 11.0. The molecule has 1 aromatic rings. The smallest absolute Gasteiger partial charge is 0.224 e. The number of amides is 1. The predicted octanol–water partition coefficient (Wildman–Crippen LogP) is 2.05. The van der Waals surface area contributed by atoms with Gasteiger partial charge in [0.25, 0.3) is 0 Å². The lowest BCUT2D eigenvalue weighted by Gasteiger charge is -2.05. The molecular weight excluding hydrogens is 221 g/mol. The van der Waals surface area contributed by atoms with E-state index in [0.717, 1.165) is 18.4 Å². The molecule has 0 aliphatic heterocycles. The highest BCUT2D eigenvalue weighted by atomic mass is 35.5. The van der Waals surface area contributed by atoms with Crippen LogP contribution in [0.1, 0.15) is 23.5 Å². The Hall–Kier alpha value is -0.730. The summed E-state index contributed by atoms with van der Waals surface area (Å²) in [4.78, 5) is 11.0. The summed E-state index contributed by atoms with van der Waals surface area (Å²) in [5, 5.41) is 0. The molecule has 1 atom stereocenters. The SMILES string of the molecule is Cl.Cl.NC(=O)C1CCc2ccccc21. The van der Waals surface area contributed by atoms with Crippen molar-refractivity contribution in [1.82, 2.24) is 0 Å². The molecule has 0 heterocycles. The highest BCUT2D eigenvalue weighted by Crippen LogP contribution is 2.32. The predicted molar refractivity (Wildman–Crippen MR) is 61.2 cm³/mol. The van der Waals surface area contributed by atoms with Crippen LogP contribution in [-0.4, -0.2) is 5.91 Å². The Labute approximate surface area is 95.7 Å². The first-order valence-corrected chi connectivity index (χ1v) is 4.16. The van der Waals surface area contributed by atoms with Gasteiger partial charge in [-0.3, -0.25) is 4.79 Å². The lowest BCUT2D eigenvalue weighted by Crippen LogP contribution is -2.19. The fraction of sp³-hybridized carbons (Fsp3) is 0.300. The maximum atomic E-state index is 11.0. The minimum Gasteiger partial charge on any atom is -0.369 e.